The Hall–Kier alpha value is -1.78. The molecule has 6 heteroatoms. The van der Waals surface area contributed by atoms with Crippen molar-refractivity contribution in [3.8, 4) is 11.1 Å². The van der Waals surface area contributed by atoms with Crippen LogP contribution in [0.2, 0.25) is 10.0 Å². The number of carbonyl (C=O) groups is 1. The van der Waals surface area contributed by atoms with Crippen molar-refractivity contribution in [2.75, 3.05) is 7.11 Å². The van der Waals surface area contributed by atoms with Gasteiger partial charge in [0.25, 0.3) is 0 Å². The van der Waals surface area contributed by atoms with Crippen LogP contribution >= 0.6 is 35.6 Å². The first-order chi connectivity index (χ1) is 12.0. The lowest BCUT2D eigenvalue weighted by Gasteiger charge is -2.11. The number of hydrogen-bond acceptors (Lipinski definition) is 3. The molecule has 0 bridgehead atoms. The summed E-state index contributed by atoms with van der Waals surface area (Å²) < 4.78 is 4.67. The Bertz CT molecular complexity index is 923. The van der Waals surface area contributed by atoms with E-state index in [0.717, 1.165) is 27.5 Å². The minimum Gasteiger partial charge on any atom is -0.468 e. The summed E-state index contributed by atoms with van der Waals surface area (Å²) in [5.74, 6) is -0.413. The maximum absolute atomic E-state index is 11.5. The maximum Gasteiger partial charge on any atom is 0.322 e. The molecule has 2 N–H and O–H groups in total. The van der Waals surface area contributed by atoms with Crippen molar-refractivity contribution in [2.24, 2.45) is 5.73 Å². The number of hydrogen-bond donors (Lipinski definition) is 1. The molecule has 0 aliphatic carbocycles. The van der Waals surface area contributed by atoms with E-state index >= 15 is 0 Å². The van der Waals surface area contributed by atoms with Gasteiger partial charge in [0.05, 0.1) is 7.11 Å². The second kappa shape index (κ2) is 8.74. The Labute approximate surface area is 168 Å². The molecule has 0 saturated carbocycles. The van der Waals surface area contributed by atoms with Crippen molar-refractivity contribution in [3.63, 3.8) is 0 Å². The topological polar surface area (TPSA) is 52.3 Å². The van der Waals surface area contributed by atoms with Crippen molar-refractivity contribution < 1.29 is 9.53 Å². The van der Waals surface area contributed by atoms with Gasteiger partial charge in [-0.15, -0.1) is 12.4 Å². The van der Waals surface area contributed by atoms with Gasteiger partial charge in [0.2, 0.25) is 0 Å². The molecule has 0 aliphatic heterocycles. The highest BCUT2D eigenvalue weighted by Crippen LogP contribution is 2.36. The van der Waals surface area contributed by atoms with Crippen LogP contribution in [0.4, 0.5) is 0 Å². The van der Waals surface area contributed by atoms with Gasteiger partial charge in [-0.3, -0.25) is 4.79 Å². The molecule has 3 aromatic carbocycles. The molecule has 26 heavy (non-hydrogen) atoms. The fourth-order valence-electron chi connectivity index (χ4n) is 2.84. The van der Waals surface area contributed by atoms with E-state index in [2.05, 4.69) is 4.74 Å². The second-order valence-corrected chi connectivity index (χ2v) is 6.64. The Morgan fingerprint density at radius 3 is 2.31 bits per heavy atom. The Morgan fingerprint density at radius 2 is 1.65 bits per heavy atom. The van der Waals surface area contributed by atoms with E-state index in [4.69, 9.17) is 28.9 Å². The Kier molecular flexibility index (Phi) is 6.90. The van der Waals surface area contributed by atoms with Crippen LogP contribution in [0.3, 0.4) is 0 Å². The monoisotopic (exact) mass is 409 g/mol. The van der Waals surface area contributed by atoms with Crippen molar-refractivity contribution in [1.82, 2.24) is 0 Å². The van der Waals surface area contributed by atoms with E-state index in [1.807, 2.05) is 54.6 Å². The van der Waals surface area contributed by atoms with E-state index in [-0.39, 0.29) is 12.4 Å². The van der Waals surface area contributed by atoms with Crippen LogP contribution in [0.5, 0.6) is 0 Å². The summed E-state index contributed by atoms with van der Waals surface area (Å²) in [6, 6.07) is 16.8. The molecule has 0 aromatic heterocycles. The summed E-state index contributed by atoms with van der Waals surface area (Å²) in [4.78, 5) is 11.5. The zero-order valence-electron chi connectivity index (χ0n) is 14.0. The molecular formula is C20H18Cl3NO2. The van der Waals surface area contributed by atoms with Gasteiger partial charge in [0.15, 0.2) is 0 Å². The number of carbonyl (C=O) groups excluding carboxylic acids is 1. The fraction of sp³-hybridized carbons (Fsp3) is 0.150. The van der Waals surface area contributed by atoms with Gasteiger partial charge < -0.3 is 10.5 Å². The molecule has 3 nitrogen and oxygen atoms in total. The Morgan fingerprint density at radius 1 is 1.04 bits per heavy atom. The van der Waals surface area contributed by atoms with Crippen LogP contribution < -0.4 is 5.73 Å². The SMILES string of the molecule is COC(=O)C(N)Cc1ccc2cc(-c3c(Cl)cccc3Cl)ccc2c1.Cl. The molecule has 0 saturated heterocycles. The number of esters is 1. The number of halogens is 3. The van der Waals surface area contributed by atoms with E-state index in [1.54, 1.807) is 0 Å². The smallest absolute Gasteiger partial charge is 0.322 e. The van der Waals surface area contributed by atoms with Gasteiger partial charge in [0, 0.05) is 15.6 Å². The third-order valence-electron chi connectivity index (χ3n) is 4.12. The molecular weight excluding hydrogens is 393 g/mol. The summed E-state index contributed by atoms with van der Waals surface area (Å²) in [5.41, 5.74) is 8.60. The standard InChI is InChI=1S/C20H17Cl2NO2.ClH/c1-25-20(24)18(23)10-12-5-6-14-11-15(8-7-13(14)9-12)19-16(21)3-2-4-17(19)22;/h2-9,11,18H,10,23H2,1H3;1H. The van der Waals surface area contributed by atoms with Gasteiger partial charge in [-0.25, -0.2) is 0 Å². The van der Waals surface area contributed by atoms with Gasteiger partial charge in [-0.05, 0) is 46.5 Å². The predicted molar refractivity (Wildman–Crippen MR) is 110 cm³/mol. The molecule has 1 unspecified atom stereocenters. The lowest BCUT2D eigenvalue weighted by Crippen LogP contribution is -2.33. The third-order valence-corrected chi connectivity index (χ3v) is 4.75. The molecule has 0 heterocycles. The van der Waals surface area contributed by atoms with Crippen molar-refractivity contribution in [2.45, 2.75) is 12.5 Å². The Balaban J connectivity index is 0.00000243. The molecule has 0 amide bonds. The minimum absolute atomic E-state index is 0. The van der Waals surface area contributed by atoms with Crippen molar-refractivity contribution in [1.29, 1.82) is 0 Å². The normalized spacial score (nSPS) is 11.7. The average molecular weight is 411 g/mol. The number of benzene rings is 3. The second-order valence-electron chi connectivity index (χ2n) is 5.83. The van der Waals surface area contributed by atoms with Crippen LogP contribution in [0, 0.1) is 0 Å². The highest BCUT2D eigenvalue weighted by atomic mass is 35.5. The van der Waals surface area contributed by atoms with Gasteiger partial charge in [-0.1, -0.05) is 59.6 Å². The van der Waals surface area contributed by atoms with Crippen LogP contribution in [-0.4, -0.2) is 19.1 Å². The number of rotatable bonds is 4. The van der Waals surface area contributed by atoms with Crippen LogP contribution in [0.25, 0.3) is 21.9 Å². The van der Waals surface area contributed by atoms with Gasteiger partial charge in [0.1, 0.15) is 6.04 Å². The van der Waals surface area contributed by atoms with Crippen LogP contribution in [0.1, 0.15) is 5.56 Å². The van der Waals surface area contributed by atoms with Crippen LogP contribution in [-0.2, 0) is 16.0 Å². The van der Waals surface area contributed by atoms with Crippen LogP contribution in [0.15, 0.2) is 54.6 Å². The zero-order chi connectivity index (χ0) is 18.0. The molecule has 0 aliphatic rings. The highest BCUT2D eigenvalue weighted by molar-refractivity contribution is 6.39. The highest BCUT2D eigenvalue weighted by Gasteiger charge is 2.14. The first-order valence-corrected chi connectivity index (χ1v) is 8.55. The summed E-state index contributed by atoms with van der Waals surface area (Å²) in [7, 11) is 1.34. The van der Waals surface area contributed by atoms with Crippen molar-refractivity contribution >= 4 is 52.4 Å². The summed E-state index contributed by atoms with van der Waals surface area (Å²) in [6.45, 7) is 0. The first kappa shape index (κ1) is 20.5. The van der Waals surface area contributed by atoms with Gasteiger partial charge in [-0.2, -0.15) is 0 Å². The largest absolute Gasteiger partial charge is 0.468 e. The van der Waals surface area contributed by atoms with Gasteiger partial charge >= 0.3 is 5.97 Å². The molecule has 0 spiro atoms. The number of fused-ring (bicyclic) bond motifs is 1. The van der Waals surface area contributed by atoms with E-state index in [1.165, 1.54) is 7.11 Å². The quantitative estimate of drug-likeness (QED) is 0.595. The minimum atomic E-state index is -0.663. The predicted octanol–water partition coefficient (Wildman–Crippen LogP) is 5.28. The lowest BCUT2D eigenvalue weighted by molar-refractivity contribution is -0.142. The third kappa shape index (κ3) is 4.30. The molecule has 1 atom stereocenters. The summed E-state index contributed by atoms with van der Waals surface area (Å²) >= 11 is 12.6. The maximum atomic E-state index is 11.5. The average Bonchev–Trinajstić information content (AvgIpc) is 2.60. The van der Waals surface area contributed by atoms with E-state index in [0.29, 0.717) is 16.5 Å². The molecule has 136 valence electrons. The molecule has 0 fully saturated rings. The number of nitrogens with two attached hydrogens (primary N) is 1. The number of methoxy groups -OCH3 is 1. The van der Waals surface area contributed by atoms with E-state index in [9.17, 15) is 4.79 Å². The van der Waals surface area contributed by atoms with E-state index < -0.39 is 12.0 Å². The summed E-state index contributed by atoms with van der Waals surface area (Å²) in [6.07, 6.45) is 0.431. The molecule has 3 rings (SSSR count). The zero-order valence-corrected chi connectivity index (χ0v) is 16.4. The van der Waals surface area contributed by atoms with Crippen molar-refractivity contribution in [3.05, 3.63) is 70.2 Å². The summed E-state index contributed by atoms with van der Waals surface area (Å²) in [5, 5.41) is 3.35. The first-order valence-electron chi connectivity index (χ1n) is 7.80. The molecule has 3 aromatic rings. The fourth-order valence-corrected chi connectivity index (χ4v) is 3.46. The number of ether oxygens (including phenoxy) is 1. The molecule has 0 radical (unpaired) electrons. The lowest BCUT2D eigenvalue weighted by atomic mass is 9.98.